The molecule has 3 aromatic rings. The third-order valence-corrected chi connectivity index (χ3v) is 5.31. The first kappa shape index (κ1) is 17.2. The summed E-state index contributed by atoms with van der Waals surface area (Å²) in [4.78, 5) is 29.5. The minimum Gasteiger partial charge on any atom is -0.347 e. The third-order valence-electron chi connectivity index (χ3n) is 4.10. The number of pyridine rings is 1. The van der Waals surface area contributed by atoms with Gasteiger partial charge in [-0.15, -0.1) is 11.3 Å². The number of amides is 1. The van der Waals surface area contributed by atoms with E-state index in [4.69, 9.17) is 0 Å². The Balaban J connectivity index is 1.83. The van der Waals surface area contributed by atoms with Crippen LogP contribution in [0.4, 0.5) is 4.39 Å². The number of fused-ring (bicyclic) bond motifs is 1. The van der Waals surface area contributed by atoms with Crippen molar-refractivity contribution in [3.8, 4) is 0 Å². The average molecular weight is 356 g/mol. The SMILES string of the molecule is CC(=O)c1cnc2sc(C(=O)NCc3ccc(C)c(F)c3)c(C)c2c1. The lowest BCUT2D eigenvalue weighted by atomic mass is 10.1. The molecule has 1 amide bonds. The van der Waals surface area contributed by atoms with E-state index in [2.05, 4.69) is 10.3 Å². The number of nitrogens with one attached hydrogen (secondary N) is 1. The number of benzene rings is 1. The van der Waals surface area contributed by atoms with Crippen molar-refractivity contribution in [3.05, 3.63) is 63.4 Å². The van der Waals surface area contributed by atoms with Gasteiger partial charge in [0.15, 0.2) is 5.78 Å². The van der Waals surface area contributed by atoms with Crippen LogP contribution in [-0.2, 0) is 6.54 Å². The lowest BCUT2D eigenvalue weighted by Crippen LogP contribution is -2.22. The summed E-state index contributed by atoms with van der Waals surface area (Å²) in [7, 11) is 0. The molecule has 0 aliphatic carbocycles. The van der Waals surface area contributed by atoms with E-state index in [0.29, 0.717) is 26.4 Å². The molecule has 0 bridgehead atoms. The number of hydrogen-bond donors (Lipinski definition) is 1. The van der Waals surface area contributed by atoms with Crippen LogP contribution in [0.1, 0.15) is 43.6 Å². The number of carbonyl (C=O) groups excluding carboxylic acids is 2. The maximum absolute atomic E-state index is 13.6. The molecule has 1 aromatic carbocycles. The van der Waals surface area contributed by atoms with Gasteiger partial charge in [-0.1, -0.05) is 12.1 Å². The summed E-state index contributed by atoms with van der Waals surface area (Å²) in [5.74, 6) is -0.580. The van der Waals surface area contributed by atoms with Gasteiger partial charge in [-0.2, -0.15) is 0 Å². The fourth-order valence-electron chi connectivity index (χ4n) is 2.52. The molecule has 6 heteroatoms. The Morgan fingerprint density at radius 1 is 1.24 bits per heavy atom. The molecular weight excluding hydrogens is 339 g/mol. The molecule has 0 radical (unpaired) electrons. The van der Waals surface area contributed by atoms with Crippen molar-refractivity contribution in [2.45, 2.75) is 27.3 Å². The first-order valence-electron chi connectivity index (χ1n) is 7.80. The van der Waals surface area contributed by atoms with Gasteiger partial charge in [0.25, 0.3) is 5.91 Å². The van der Waals surface area contributed by atoms with E-state index in [0.717, 1.165) is 10.9 Å². The smallest absolute Gasteiger partial charge is 0.261 e. The van der Waals surface area contributed by atoms with Gasteiger partial charge in [0.05, 0.1) is 4.88 Å². The van der Waals surface area contributed by atoms with Crippen LogP contribution < -0.4 is 5.32 Å². The van der Waals surface area contributed by atoms with Gasteiger partial charge >= 0.3 is 0 Å². The van der Waals surface area contributed by atoms with E-state index < -0.39 is 0 Å². The summed E-state index contributed by atoms with van der Waals surface area (Å²) < 4.78 is 13.6. The molecule has 0 fully saturated rings. The largest absolute Gasteiger partial charge is 0.347 e. The van der Waals surface area contributed by atoms with Crippen LogP contribution in [0.5, 0.6) is 0 Å². The van der Waals surface area contributed by atoms with E-state index in [9.17, 15) is 14.0 Å². The lowest BCUT2D eigenvalue weighted by Gasteiger charge is -2.06. The standard InChI is InChI=1S/C19H17FN2O2S/c1-10-4-5-13(6-16(10)20)8-21-18(24)17-11(2)15-7-14(12(3)23)9-22-19(15)25-17/h4-7,9H,8H2,1-3H3,(H,21,24). The fraction of sp³-hybridized carbons (Fsp3) is 0.211. The zero-order chi connectivity index (χ0) is 18.1. The Kier molecular flexibility index (Phi) is 4.63. The molecule has 3 rings (SSSR count). The van der Waals surface area contributed by atoms with Crippen molar-refractivity contribution in [2.24, 2.45) is 0 Å². The Bertz CT molecular complexity index is 994. The molecule has 0 aliphatic heterocycles. The number of halogens is 1. The van der Waals surface area contributed by atoms with Gasteiger partial charge in [0, 0.05) is 23.7 Å². The Labute approximate surface area is 148 Å². The van der Waals surface area contributed by atoms with Crippen molar-refractivity contribution >= 4 is 33.2 Å². The maximum atomic E-state index is 13.6. The number of carbonyl (C=O) groups is 2. The number of rotatable bonds is 4. The first-order chi connectivity index (χ1) is 11.9. The molecule has 128 valence electrons. The molecule has 0 saturated heterocycles. The quantitative estimate of drug-likeness (QED) is 0.713. The number of ketones is 1. The van der Waals surface area contributed by atoms with Gasteiger partial charge in [0.1, 0.15) is 10.6 Å². The maximum Gasteiger partial charge on any atom is 0.261 e. The fourth-order valence-corrected chi connectivity index (χ4v) is 3.56. The molecule has 25 heavy (non-hydrogen) atoms. The highest BCUT2D eigenvalue weighted by Gasteiger charge is 2.17. The zero-order valence-corrected chi connectivity index (χ0v) is 15.0. The van der Waals surface area contributed by atoms with Crippen LogP contribution in [0.2, 0.25) is 0 Å². The van der Waals surface area contributed by atoms with Crippen LogP contribution in [-0.4, -0.2) is 16.7 Å². The molecule has 0 saturated carbocycles. The van der Waals surface area contributed by atoms with Crippen LogP contribution in [0.15, 0.2) is 30.5 Å². The summed E-state index contributed by atoms with van der Waals surface area (Å²) in [5, 5.41) is 3.62. The summed E-state index contributed by atoms with van der Waals surface area (Å²) in [6, 6.07) is 6.67. The molecule has 2 heterocycles. The summed E-state index contributed by atoms with van der Waals surface area (Å²) in [6.45, 7) is 5.26. The minimum absolute atomic E-state index is 0.0626. The summed E-state index contributed by atoms with van der Waals surface area (Å²) in [5.41, 5.74) is 2.59. The number of nitrogens with zero attached hydrogens (tertiary/aromatic N) is 1. The summed E-state index contributed by atoms with van der Waals surface area (Å²) in [6.07, 6.45) is 1.53. The Hall–Kier alpha value is -2.60. The normalized spacial score (nSPS) is 10.9. The van der Waals surface area contributed by atoms with E-state index in [1.54, 1.807) is 25.1 Å². The summed E-state index contributed by atoms with van der Waals surface area (Å²) >= 11 is 1.28. The van der Waals surface area contributed by atoms with Crippen molar-refractivity contribution in [1.29, 1.82) is 0 Å². The van der Waals surface area contributed by atoms with Gasteiger partial charge in [-0.25, -0.2) is 9.37 Å². The number of hydrogen-bond acceptors (Lipinski definition) is 4. The van der Waals surface area contributed by atoms with Crippen LogP contribution in [0.3, 0.4) is 0 Å². The van der Waals surface area contributed by atoms with E-state index in [1.165, 1.54) is 30.5 Å². The minimum atomic E-state index is -0.286. The van der Waals surface area contributed by atoms with Crippen molar-refractivity contribution in [1.82, 2.24) is 10.3 Å². The molecule has 0 aliphatic rings. The topological polar surface area (TPSA) is 59.1 Å². The molecule has 0 spiro atoms. The monoisotopic (exact) mass is 356 g/mol. The molecule has 0 atom stereocenters. The second-order valence-corrected chi connectivity index (χ2v) is 6.95. The molecular formula is C19H17FN2O2S. The molecule has 2 aromatic heterocycles. The highest BCUT2D eigenvalue weighted by Crippen LogP contribution is 2.30. The number of Topliss-reactive ketones (excluding diaryl/α,β-unsaturated/α-hetero) is 1. The van der Waals surface area contributed by atoms with Crippen LogP contribution in [0, 0.1) is 19.7 Å². The molecule has 0 unspecified atom stereocenters. The predicted octanol–water partition coefficient (Wildman–Crippen LogP) is 4.18. The van der Waals surface area contributed by atoms with Gasteiger partial charge in [0.2, 0.25) is 0 Å². The van der Waals surface area contributed by atoms with E-state index >= 15 is 0 Å². The van der Waals surface area contributed by atoms with Crippen molar-refractivity contribution < 1.29 is 14.0 Å². The highest BCUT2D eigenvalue weighted by atomic mass is 32.1. The Morgan fingerprint density at radius 2 is 2.00 bits per heavy atom. The second-order valence-electron chi connectivity index (χ2n) is 5.96. The number of aromatic nitrogens is 1. The van der Waals surface area contributed by atoms with E-state index in [1.807, 2.05) is 6.92 Å². The molecule has 4 nitrogen and oxygen atoms in total. The first-order valence-corrected chi connectivity index (χ1v) is 8.61. The van der Waals surface area contributed by atoms with Gasteiger partial charge in [-0.3, -0.25) is 9.59 Å². The molecule has 1 N–H and O–H groups in total. The Morgan fingerprint density at radius 3 is 2.68 bits per heavy atom. The van der Waals surface area contributed by atoms with Gasteiger partial charge in [-0.05, 0) is 49.6 Å². The lowest BCUT2D eigenvalue weighted by molar-refractivity contribution is 0.0953. The number of aryl methyl sites for hydroxylation is 2. The van der Waals surface area contributed by atoms with E-state index in [-0.39, 0.29) is 24.1 Å². The van der Waals surface area contributed by atoms with Gasteiger partial charge < -0.3 is 5.32 Å². The second kappa shape index (κ2) is 6.72. The van der Waals surface area contributed by atoms with Crippen molar-refractivity contribution in [3.63, 3.8) is 0 Å². The highest BCUT2D eigenvalue weighted by molar-refractivity contribution is 7.20. The van der Waals surface area contributed by atoms with Crippen molar-refractivity contribution in [2.75, 3.05) is 0 Å². The average Bonchev–Trinajstić information content (AvgIpc) is 2.92. The predicted molar refractivity (Wildman–Crippen MR) is 96.7 cm³/mol. The zero-order valence-electron chi connectivity index (χ0n) is 14.1. The third kappa shape index (κ3) is 3.44. The van der Waals surface area contributed by atoms with Crippen LogP contribution >= 0.6 is 11.3 Å². The number of thiophene rings is 1. The van der Waals surface area contributed by atoms with Crippen LogP contribution in [0.25, 0.3) is 10.2 Å².